The van der Waals surface area contributed by atoms with Crippen LogP contribution in [0.15, 0.2) is 24.3 Å². The Kier molecular flexibility index (Phi) is 23.7. The van der Waals surface area contributed by atoms with Crippen LogP contribution in [0.1, 0.15) is 135 Å². The zero-order chi connectivity index (χ0) is 23.7. The summed E-state index contributed by atoms with van der Waals surface area (Å²) in [5.41, 5.74) is 0. The maximum atomic E-state index is 10.6. The summed E-state index contributed by atoms with van der Waals surface area (Å²) >= 11 is 0. The molecule has 0 amide bonds. The van der Waals surface area contributed by atoms with Crippen molar-refractivity contribution in [1.82, 2.24) is 4.90 Å². The molecule has 0 aromatic carbocycles. The minimum atomic E-state index is -0.663. The van der Waals surface area contributed by atoms with Gasteiger partial charge in [0.2, 0.25) is 0 Å². The van der Waals surface area contributed by atoms with Crippen LogP contribution in [-0.2, 0) is 4.79 Å². The van der Waals surface area contributed by atoms with Crippen LogP contribution in [0.2, 0.25) is 0 Å². The normalized spacial score (nSPS) is 13.0. The molecular weight excluding hydrogens is 394 g/mol. The number of carbonyl (C=O) groups is 1. The molecule has 0 heterocycles. The molecular formula is C29H55NO2. The highest BCUT2D eigenvalue weighted by atomic mass is 16.4. The van der Waals surface area contributed by atoms with E-state index in [2.05, 4.69) is 50.2 Å². The number of hydrogen-bond acceptors (Lipinski definition) is 2. The Morgan fingerprint density at radius 1 is 0.688 bits per heavy atom. The van der Waals surface area contributed by atoms with Crippen molar-refractivity contribution >= 4 is 5.97 Å². The molecule has 32 heavy (non-hydrogen) atoms. The van der Waals surface area contributed by atoms with Gasteiger partial charge in [-0.25, -0.2) is 0 Å². The van der Waals surface area contributed by atoms with Crippen LogP contribution in [0.5, 0.6) is 0 Å². The molecule has 1 unspecified atom stereocenters. The maximum absolute atomic E-state index is 10.6. The van der Waals surface area contributed by atoms with Crippen LogP contribution >= 0.6 is 0 Å². The molecule has 1 N–H and O–H groups in total. The van der Waals surface area contributed by atoms with Gasteiger partial charge in [-0.05, 0) is 65.5 Å². The van der Waals surface area contributed by atoms with E-state index in [0.717, 1.165) is 19.3 Å². The molecule has 0 aromatic rings. The topological polar surface area (TPSA) is 40.5 Å². The maximum Gasteiger partial charge on any atom is 0.303 e. The molecule has 0 spiro atoms. The Bertz CT molecular complexity index is 456. The first-order valence-corrected chi connectivity index (χ1v) is 13.8. The van der Waals surface area contributed by atoms with Gasteiger partial charge in [0.15, 0.2) is 0 Å². The standard InChI is InChI=1S/C29H55NO2/c1-4-5-6-7-8-9-10-11-12-13-14-15-16-17-18-19-22-25-28(30(2)3)26-23-20-21-24-27-29(31)32/h8-9,11-12,28H,4-7,10,13-27H2,1-3H3,(H,31,32). The molecule has 0 radical (unpaired) electrons. The quantitative estimate of drug-likeness (QED) is 0.118. The Hall–Kier alpha value is -1.09. The van der Waals surface area contributed by atoms with Crippen LogP contribution in [0.3, 0.4) is 0 Å². The molecule has 3 heteroatoms. The minimum absolute atomic E-state index is 0.324. The number of nitrogens with zero attached hydrogens (tertiary/aromatic N) is 1. The number of rotatable bonds is 24. The van der Waals surface area contributed by atoms with E-state index >= 15 is 0 Å². The molecule has 0 bridgehead atoms. The summed E-state index contributed by atoms with van der Waals surface area (Å²) in [6.45, 7) is 2.26. The summed E-state index contributed by atoms with van der Waals surface area (Å²) in [5, 5.41) is 8.69. The predicted molar refractivity (Wildman–Crippen MR) is 141 cm³/mol. The average Bonchev–Trinajstić information content (AvgIpc) is 2.76. The number of unbranched alkanes of at least 4 members (excludes halogenated alkanes) is 13. The third-order valence-electron chi connectivity index (χ3n) is 6.40. The van der Waals surface area contributed by atoms with Crippen molar-refractivity contribution in [3.05, 3.63) is 24.3 Å². The molecule has 0 aliphatic heterocycles. The Balaban J connectivity index is 3.48. The van der Waals surface area contributed by atoms with Gasteiger partial charge in [-0.1, -0.05) is 102 Å². The second kappa shape index (κ2) is 24.6. The van der Waals surface area contributed by atoms with E-state index in [1.807, 2.05) is 0 Å². The van der Waals surface area contributed by atoms with Crippen molar-refractivity contribution in [2.45, 2.75) is 141 Å². The number of hydrogen-bond donors (Lipinski definition) is 1. The third-order valence-corrected chi connectivity index (χ3v) is 6.40. The zero-order valence-electron chi connectivity index (χ0n) is 21.8. The number of aliphatic carboxylic acids is 1. The first kappa shape index (κ1) is 30.9. The summed E-state index contributed by atoms with van der Waals surface area (Å²) < 4.78 is 0. The predicted octanol–water partition coefficient (Wildman–Crippen LogP) is 8.94. The number of carboxylic acid groups (broad SMARTS) is 1. The van der Waals surface area contributed by atoms with Crippen LogP contribution in [0.25, 0.3) is 0 Å². The highest BCUT2D eigenvalue weighted by Gasteiger charge is 2.10. The van der Waals surface area contributed by atoms with E-state index in [1.165, 1.54) is 103 Å². The van der Waals surface area contributed by atoms with E-state index in [4.69, 9.17) is 5.11 Å². The molecule has 0 aromatic heterocycles. The molecule has 0 fully saturated rings. The molecule has 0 rings (SSSR count). The first-order valence-electron chi connectivity index (χ1n) is 13.8. The molecule has 0 saturated heterocycles. The van der Waals surface area contributed by atoms with Gasteiger partial charge in [0.05, 0.1) is 0 Å². The second-order valence-corrected chi connectivity index (χ2v) is 9.69. The van der Waals surface area contributed by atoms with E-state index in [9.17, 15) is 4.79 Å². The van der Waals surface area contributed by atoms with Crippen LogP contribution in [0.4, 0.5) is 0 Å². The van der Waals surface area contributed by atoms with Crippen LogP contribution < -0.4 is 0 Å². The Morgan fingerprint density at radius 2 is 1.16 bits per heavy atom. The summed E-state index contributed by atoms with van der Waals surface area (Å²) in [6, 6.07) is 0.687. The van der Waals surface area contributed by atoms with Gasteiger partial charge in [0, 0.05) is 12.5 Å². The van der Waals surface area contributed by atoms with Gasteiger partial charge in [0.25, 0.3) is 0 Å². The van der Waals surface area contributed by atoms with E-state index in [1.54, 1.807) is 0 Å². The van der Waals surface area contributed by atoms with Crippen LogP contribution in [0, 0.1) is 0 Å². The van der Waals surface area contributed by atoms with Gasteiger partial charge in [-0.15, -0.1) is 0 Å². The van der Waals surface area contributed by atoms with Gasteiger partial charge >= 0.3 is 5.97 Å². The van der Waals surface area contributed by atoms with Crippen molar-refractivity contribution in [3.63, 3.8) is 0 Å². The van der Waals surface area contributed by atoms with Crippen molar-refractivity contribution in [1.29, 1.82) is 0 Å². The Morgan fingerprint density at radius 3 is 1.66 bits per heavy atom. The smallest absolute Gasteiger partial charge is 0.303 e. The molecule has 188 valence electrons. The van der Waals surface area contributed by atoms with Crippen molar-refractivity contribution in [2.24, 2.45) is 0 Å². The van der Waals surface area contributed by atoms with Gasteiger partial charge in [-0.2, -0.15) is 0 Å². The highest BCUT2D eigenvalue weighted by molar-refractivity contribution is 5.66. The lowest BCUT2D eigenvalue weighted by atomic mass is 9.99. The summed E-state index contributed by atoms with van der Waals surface area (Å²) in [5.74, 6) is -0.663. The lowest BCUT2D eigenvalue weighted by Crippen LogP contribution is -2.27. The number of carboxylic acids is 1. The lowest BCUT2D eigenvalue weighted by molar-refractivity contribution is -0.137. The average molecular weight is 450 g/mol. The summed E-state index contributed by atoms with van der Waals surface area (Å²) in [7, 11) is 4.40. The summed E-state index contributed by atoms with van der Waals surface area (Å²) in [4.78, 5) is 12.9. The molecule has 0 aliphatic carbocycles. The van der Waals surface area contributed by atoms with Crippen LogP contribution in [-0.4, -0.2) is 36.1 Å². The van der Waals surface area contributed by atoms with E-state index in [-0.39, 0.29) is 0 Å². The van der Waals surface area contributed by atoms with Crippen molar-refractivity contribution in [2.75, 3.05) is 14.1 Å². The number of allylic oxidation sites excluding steroid dienone is 4. The van der Waals surface area contributed by atoms with Gasteiger partial charge in [0.1, 0.15) is 0 Å². The van der Waals surface area contributed by atoms with Gasteiger partial charge in [-0.3, -0.25) is 4.79 Å². The largest absolute Gasteiger partial charge is 0.481 e. The Labute approximate surface area is 200 Å². The first-order chi connectivity index (χ1) is 15.6. The fourth-order valence-electron chi connectivity index (χ4n) is 4.22. The van der Waals surface area contributed by atoms with Gasteiger partial charge < -0.3 is 10.0 Å². The van der Waals surface area contributed by atoms with E-state index < -0.39 is 5.97 Å². The molecule has 1 atom stereocenters. The minimum Gasteiger partial charge on any atom is -0.481 e. The molecule has 0 saturated carbocycles. The fourth-order valence-corrected chi connectivity index (χ4v) is 4.22. The van der Waals surface area contributed by atoms with Crippen molar-refractivity contribution < 1.29 is 9.90 Å². The SMILES string of the molecule is CCCCCC=CCC=CCCCCCCCCCC(CCCCCCC(=O)O)N(C)C. The summed E-state index contributed by atoms with van der Waals surface area (Å²) in [6.07, 6.45) is 33.7. The highest BCUT2D eigenvalue weighted by Crippen LogP contribution is 2.17. The van der Waals surface area contributed by atoms with E-state index in [0.29, 0.717) is 12.5 Å². The third kappa shape index (κ3) is 23.6. The molecule has 3 nitrogen and oxygen atoms in total. The second-order valence-electron chi connectivity index (χ2n) is 9.69. The van der Waals surface area contributed by atoms with Crippen molar-refractivity contribution in [3.8, 4) is 0 Å². The monoisotopic (exact) mass is 449 g/mol. The zero-order valence-corrected chi connectivity index (χ0v) is 21.8. The fraction of sp³-hybridized carbons (Fsp3) is 0.828. The molecule has 0 aliphatic rings. The lowest BCUT2D eigenvalue weighted by Gasteiger charge is -2.24.